The SMILES string of the molecule is COCCCNC(=NCc1ccc([N+](=O)[O-])cc1)NC(C)c1cccs1.I. The van der Waals surface area contributed by atoms with Gasteiger partial charge >= 0.3 is 0 Å². The van der Waals surface area contributed by atoms with Crippen LogP contribution in [0.25, 0.3) is 0 Å². The predicted molar refractivity (Wildman–Crippen MR) is 120 cm³/mol. The van der Waals surface area contributed by atoms with Crippen LogP contribution in [0.5, 0.6) is 0 Å². The summed E-state index contributed by atoms with van der Waals surface area (Å²) in [4.78, 5) is 16.2. The molecule has 1 heterocycles. The zero-order chi connectivity index (χ0) is 18.8. The Balaban J connectivity index is 0.00000364. The molecule has 0 amide bonds. The van der Waals surface area contributed by atoms with Crippen LogP contribution in [-0.4, -0.2) is 31.1 Å². The number of nitrogens with one attached hydrogen (secondary N) is 2. The summed E-state index contributed by atoms with van der Waals surface area (Å²) < 4.78 is 5.07. The number of methoxy groups -OCH3 is 1. The molecule has 0 spiro atoms. The molecule has 7 nitrogen and oxygen atoms in total. The Kier molecular flexibility index (Phi) is 10.9. The molecule has 0 aliphatic carbocycles. The molecule has 2 rings (SSSR count). The number of nitro groups is 1. The predicted octanol–water partition coefficient (Wildman–Crippen LogP) is 4.11. The fourth-order valence-electron chi connectivity index (χ4n) is 2.28. The van der Waals surface area contributed by atoms with Crippen LogP contribution in [-0.2, 0) is 11.3 Å². The lowest BCUT2D eigenvalue weighted by Gasteiger charge is -2.17. The van der Waals surface area contributed by atoms with Gasteiger partial charge in [-0.25, -0.2) is 4.99 Å². The van der Waals surface area contributed by atoms with Gasteiger partial charge in [0.1, 0.15) is 0 Å². The average Bonchev–Trinajstić information content (AvgIpc) is 3.18. The minimum Gasteiger partial charge on any atom is -0.385 e. The fraction of sp³-hybridized carbons (Fsp3) is 0.389. The van der Waals surface area contributed by atoms with Crippen molar-refractivity contribution in [3.8, 4) is 0 Å². The molecule has 1 aromatic heterocycles. The third-order valence-corrected chi connectivity index (χ3v) is 4.76. The van der Waals surface area contributed by atoms with Crippen molar-refractivity contribution in [1.82, 2.24) is 10.6 Å². The second-order valence-corrected chi connectivity index (χ2v) is 6.72. The van der Waals surface area contributed by atoms with Gasteiger partial charge in [-0.15, -0.1) is 35.3 Å². The lowest BCUT2D eigenvalue weighted by Crippen LogP contribution is -2.39. The Hall–Kier alpha value is -1.72. The topological polar surface area (TPSA) is 88.8 Å². The Morgan fingerprint density at radius 2 is 2.07 bits per heavy atom. The monoisotopic (exact) mass is 504 g/mol. The minimum atomic E-state index is -0.403. The second-order valence-electron chi connectivity index (χ2n) is 5.74. The molecular weight excluding hydrogens is 479 g/mol. The summed E-state index contributed by atoms with van der Waals surface area (Å²) in [5.41, 5.74) is 0.998. The number of hydrogen-bond donors (Lipinski definition) is 2. The first kappa shape index (κ1) is 23.3. The molecule has 1 aromatic carbocycles. The second kappa shape index (κ2) is 12.6. The van der Waals surface area contributed by atoms with E-state index in [1.54, 1.807) is 30.6 Å². The van der Waals surface area contributed by atoms with Crippen LogP contribution in [0.3, 0.4) is 0 Å². The van der Waals surface area contributed by atoms with Crippen molar-refractivity contribution in [2.75, 3.05) is 20.3 Å². The summed E-state index contributed by atoms with van der Waals surface area (Å²) in [6.45, 7) is 3.96. The van der Waals surface area contributed by atoms with Gasteiger partial charge in [0.05, 0.1) is 17.5 Å². The van der Waals surface area contributed by atoms with E-state index in [1.165, 1.54) is 17.0 Å². The van der Waals surface area contributed by atoms with Gasteiger partial charge in [-0.3, -0.25) is 10.1 Å². The van der Waals surface area contributed by atoms with Gasteiger partial charge in [-0.1, -0.05) is 18.2 Å². The van der Waals surface area contributed by atoms with Gasteiger partial charge in [0.2, 0.25) is 0 Å². The van der Waals surface area contributed by atoms with Crippen molar-refractivity contribution in [3.63, 3.8) is 0 Å². The maximum Gasteiger partial charge on any atom is 0.269 e. The number of hydrogen-bond acceptors (Lipinski definition) is 5. The number of nitrogens with zero attached hydrogens (tertiary/aromatic N) is 2. The minimum absolute atomic E-state index is 0. The van der Waals surface area contributed by atoms with E-state index in [4.69, 9.17) is 4.74 Å². The molecule has 0 saturated heterocycles. The molecule has 0 aliphatic heterocycles. The van der Waals surface area contributed by atoms with Gasteiger partial charge < -0.3 is 15.4 Å². The van der Waals surface area contributed by atoms with Crippen LogP contribution < -0.4 is 10.6 Å². The zero-order valence-corrected chi connectivity index (χ0v) is 18.5. The van der Waals surface area contributed by atoms with Crippen LogP contribution >= 0.6 is 35.3 Å². The summed E-state index contributed by atoms with van der Waals surface area (Å²) in [6.07, 6.45) is 0.877. The first-order valence-corrected chi connectivity index (χ1v) is 9.28. The molecule has 2 N–H and O–H groups in total. The third kappa shape index (κ3) is 8.22. The number of rotatable bonds is 9. The Labute approximate surface area is 180 Å². The molecule has 0 saturated carbocycles. The van der Waals surface area contributed by atoms with Gasteiger partial charge in [-0.2, -0.15) is 0 Å². The molecule has 1 unspecified atom stereocenters. The first-order chi connectivity index (χ1) is 12.6. The van der Waals surface area contributed by atoms with E-state index in [9.17, 15) is 10.1 Å². The maximum atomic E-state index is 10.7. The number of non-ortho nitro benzene ring substituents is 1. The van der Waals surface area contributed by atoms with E-state index < -0.39 is 4.92 Å². The van der Waals surface area contributed by atoms with E-state index in [0.29, 0.717) is 19.1 Å². The van der Waals surface area contributed by atoms with Crippen LogP contribution in [0.2, 0.25) is 0 Å². The molecule has 148 valence electrons. The molecule has 9 heteroatoms. The summed E-state index contributed by atoms with van der Waals surface area (Å²) in [5.74, 6) is 0.709. The Bertz CT molecular complexity index is 708. The summed E-state index contributed by atoms with van der Waals surface area (Å²) in [5, 5.41) is 19.5. The number of thiophene rings is 1. The molecule has 0 aliphatic rings. The summed E-state index contributed by atoms with van der Waals surface area (Å²) in [7, 11) is 1.68. The fourth-order valence-corrected chi connectivity index (χ4v) is 3.02. The van der Waals surface area contributed by atoms with Crippen LogP contribution in [0, 0.1) is 10.1 Å². The van der Waals surface area contributed by atoms with Gasteiger partial charge in [0.25, 0.3) is 5.69 Å². The van der Waals surface area contributed by atoms with E-state index in [-0.39, 0.29) is 35.7 Å². The smallest absolute Gasteiger partial charge is 0.269 e. The van der Waals surface area contributed by atoms with Crippen molar-refractivity contribution in [2.24, 2.45) is 4.99 Å². The van der Waals surface area contributed by atoms with E-state index in [0.717, 1.165) is 18.5 Å². The highest BCUT2D eigenvalue weighted by atomic mass is 127. The lowest BCUT2D eigenvalue weighted by atomic mass is 10.2. The van der Waals surface area contributed by atoms with Crippen molar-refractivity contribution in [3.05, 3.63) is 62.3 Å². The molecule has 0 radical (unpaired) electrons. The highest BCUT2D eigenvalue weighted by Gasteiger charge is 2.09. The Morgan fingerprint density at radius 3 is 2.67 bits per heavy atom. The molecule has 27 heavy (non-hydrogen) atoms. The average molecular weight is 504 g/mol. The Morgan fingerprint density at radius 1 is 1.33 bits per heavy atom. The standard InChI is InChI=1S/C18H24N4O3S.HI/c1-14(17-5-3-12-26-17)21-18(19-10-4-11-25-2)20-13-15-6-8-16(9-7-15)22(23)24;/h3,5-9,12,14H,4,10-11,13H2,1-2H3,(H2,19,20,21);1H. The third-order valence-electron chi connectivity index (χ3n) is 3.71. The van der Waals surface area contributed by atoms with Gasteiger partial charge in [0, 0.05) is 37.3 Å². The van der Waals surface area contributed by atoms with Crippen molar-refractivity contribution in [2.45, 2.75) is 25.9 Å². The highest BCUT2D eigenvalue weighted by molar-refractivity contribution is 14.0. The lowest BCUT2D eigenvalue weighted by molar-refractivity contribution is -0.384. The summed E-state index contributed by atoms with van der Waals surface area (Å²) in [6, 6.07) is 10.7. The van der Waals surface area contributed by atoms with Crippen LogP contribution in [0.4, 0.5) is 5.69 Å². The van der Waals surface area contributed by atoms with E-state index >= 15 is 0 Å². The number of aliphatic imine (C=N–C) groups is 1. The number of guanidine groups is 1. The largest absolute Gasteiger partial charge is 0.385 e. The maximum absolute atomic E-state index is 10.7. The number of ether oxygens (including phenoxy) is 1. The van der Waals surface area contributed by atoms with Gasteiger partial charge in [-0.05, 0) is 30.4 Å². The highest BCUT2D eigenvalue weighted by Crippen LogP contribution is 2.18. The van der Waals surface area contributed by atoms with Gasteiger partial charge in [0.15, 0.2) is 5.96 Å². The van der Waals surface area contributed by atoms with Crippen molar-refractivity contribution < 1.29 is 9.66 Å². The van der Waals surface area contributed by atoms with E-state index in [2.05, 4.69) is 28.6 Å². The molecule has 0 fully saturated rings. The van der Waals surface area contributed by atoms with Crippen molar-refractivity contribution in [1.29, 1.82) is 0 Å². The van der Waals surface area contributed by atoms with E-state index in [1.807, 2.05) is 11.4 Å². The number of halogens is 1. The number of benzene rings is 1. The quantitative estimate of drug-likeness (QED) is 0.134. The molecule has 2 aromatic rings. The zero-order valence-electron chi connectivity index (χ0n) is 15.4. The summed E-state index contributed by atoms with van der Waals surface area (Å²) >= 11 is 1.69. The molecular formula is C18H25IN4O3S. The van der Waals surface area contributed by atoms with Crippen molar-refractivity contribution >= 4 is 47.0 Å². The normalized spacial score (nSPS) is 12.1. The number of nitro benzene ring substituents is 1. The molecule has 1 atom stereocenters. The van der Waals surface area contributed by atoms with Crippen LogP contribution in [0.15, 0.2) is 46.8 Å². The van der Waals surface area contributed by atoms with Crippen LogP contribution in [0.1, 0.15) is 29.8 Å². The molecule has 0 bridgehead atoms. The first-order valence-electron chi connectivity index (χ1n) is 8.40.